The Balaban J connectivity index is 1.72. The van der Waals surface area contributed by atoms with Crippen LogP contribution in [-0.4, -0.2) is 19.6 Å². The van der Waals surface area contributed by atoms with Gasteiger partial charge in [-0.2, -0.15) is 10.2 Å². The Hall–Kier alpha value is -2.93. The van der Waals surface area contributed by atoms with Crippen molar-refractivity contribution >= 4 is 22.5 Å². The summed E-state index contributed by atoms with van der Waals surface area (Å²) in [6, 6.07) is 14.7. The van der Waals surface area contributed by atoms with Crippen molar-refractivity contribution in [3.05, 3.63) is 82.8 Å². The van der Waals surface area contributed by atoms with Crippen LogP contribution in [0, 0.1) is 5.82 Å². The Labute approximate surface area is 153 Å². The van der Waals surface area contributed by atoms with Crippen molar-refractivity contribution in [3.63, 3.8) is 0 Å². The van der Waals surface area contributed by atoms with Gasteiger partial charge in [0.2, 0.25) is 0 Å². The average molecular weight is 366 g/mol. The van der Waals surface area contributed by atoms with Crippen LogP contribution in [0.5, 0.6) is 0 Å². The van der Waals surface area contributed by atoms with Crippen molar-refractivity contribution in [2.75, 3.05) is 0 Å². The van der Waals surface area contributed by atoms with Crippen LogP contribution in [0.15, 0.2) is 75.5 Å². The highest BCUT2D eigenvalue weighted by Crippen LogP contribution is 2.30. The highest BCUT2D eigenvalue weighted by molar-refractivity contribution is 7.99. The lowest BCUT2D eigenvalue weighted by atomic mass is 10.2. The summed E-state index contributed by atoms with van der Waals surface area (Å²) in [4.78, 5) is 14.4. The number of rotatable bonds is 4. The van der Waals surface area contributed by atoms with Gasteiger partial charge in [-0.1, -0.05) is 30.0 Å². The standard InChI is InChI=1S/C19H15FN4OS/c1-23-8-7-14(22-23)12-24-19(25)18-13(11-21-24)9-16(10-17(18)20)26-15-5-3-2-4-6-15/h2-11H,12H2,1H3. The molecule has 0 saturated heterocycles. The van der Waals surface area contributed by atoms with E-state index in [1.165, 1.54) is 28.7 Å². The molecular weight excluding hydrogens is 351 g/mol. The monoisotopic (exact) mass is 366 g/mol. The smallest absolute Gasteiger partial charge is 0.275 e. The number of fused-ring (bicyclic) bond motifs is 1. The molecule has 0 unspecified atom stereocenters. The molecule has 5 nitrogen and oxygen atoms in total. The van der Waals surface area contributed by atoms with Crippen molar-refractivity contribution < 1.29 is 4.39 Å². The molecule has 4 rings (SSSR count). The zero-order chi connectivity index (χ0) is 18.1. The maximum atomic E-state index is 14.7. The molecule has 0 aliphatic carbocycles. The lowest BCUT2D eigenvalue weighted by Crippen LogP contribution is -2.24. The molecule has 0 saturated carbocycles. The lowest BCUT2D eigenvalue weighted by Gasteiger charge is -2.07. The SMILES string of the molecule is Cn1ccc(Cn2ncc3cc(Sc4ccccc4)cc(F)c3c2=O)n1. The van der Waals surface area contributed by atoms with E-state index in [-0.39, 0.29) is 11.9 Å². The topological polar surface area (TPSA) is 52.7 Å². The largest absolute Gasteiger partial charge is 0.277 e. The van der Waals surface area contributed by atoms with Gasteiger partial charge in [-0.25, -0.2) is 9.07 Å². The third-order valence-electron chi connectivity index (χ3n) is 3.94. The molecule has 0 N–H and O–H groups in total. The predicted molar refractivity (Wildman–Crippen MR) is 98.8 cm³/mol. The summed E-state index contributed by atoms with van der Waals surface area (Å²) < 4.78 is 17.5. The Morgan fingerprint density at radius 3 is 2.65 bits per heavy atom. The van der Waals surface area contributed by atoms with Gasteiger partial charge in [0.25, 0.3) is 5.56 Å². The maximum absolute atomic E-state index is 14.7. The molecular formula is C19H15FN4OS. The summed E-state index contributed by atoms with van der Waals surface area (Å²) in [6.45, 7) is 0.204. The predicted octanol–water partition coefficient (Wildman–Crippen LogP) is 3.47. The van der Waals surface area contributed by atoms with Crippen LogP contribution in [0.3, 0.4) is 0 Å². The first-order valence-electron chi connectivity index (χ1n) is 8.01. The van der Waals surface area contributed by atoms with E-state index in [2.05, 4.69) is 10.2 Å². The third-order valence-corrected chi connectivity index (χ3v) is 4.92. The van der Waals surface area contributed by atoms with Gasteiger partial charge in [0, 0.05) is 28.4 Å². The summed E-state index contributed by atoms with van der Waals surface area (Å²) in [5, 5.41) is 8.95. The molecule has 0 atom stereocenters. The van der Waals surface area contributed by atoms with Gasteiger partial charge >= 0.3 is 0 Å². The molecule has 0 spiro atoms. The average Bonchev–Trinajstić information content (AvgIpc) is 3.03. The second-order valence-corrected chi connectivity index (χ2v) is 7.02. The van der Waals surface area contributed by atoms with Crippen LogP contribution in [0.1, 0.15) is 5.69 Å². The Morgan fingerprint density at radius 2 is 1.92 bits per heavy atom. The van der Waals surface area contributed by atoms with Gasteiger partial charge in [-0.3, -0.25) is 9.48 Å². The molecule has 0 fully saturated rings. The van der Waals surface area contributed by atoms with Crippen LogP contribution >= 0.6 is 11.8 Å². The van der Waals surface area contributed by atoms with Crippen LogP contribution in [0.25, 0.3) is 10.8 Å². The summed E-state index contributed by atoms with van der Waals surface area (Å²) in [7, 11) is 1.80. The summed E-state index contributed by atoms with van der Waals surface area (Å²) in [6.07, 6.45) is 3.31. The Morgan fingerprint density at radius 1 is 1.12 bits per heavy atom. The van der Waals surface area contributed by atoms with Crippen LogP contribution in [0.4, 0.5) is 4.39 Å². The molecule has 0 amide bonds. The van der Waals surface area contributed by atoms with Gasteiger partial charge in [0.05, 0.1) is 23.8 Å². The summed E-state index contributed by atoms with van der Waals surface area (Å²) in [5.74, 6) is -0.539. The van der Waals surface area contributed by atoms with Crippen LogP contribution in [-0.2, 0) is 13.6 Å². The molecule has 2 heterocycles. The zero-order valence-electron chi connectivity index (χ0n) is 14.0. The number of halogens is 1. The highest BCUT2D eigenvalue weighted by atomic mass is 32.2. The van der Waals surface area contributed by atoms with Gasteiger partial charge in [0.15, 0.2) is 0 Å². The van der Waals surface area contributed by atoms with Crippen molar-refractivity contribution in [3.8, 4) is 0 Å². The van der Waals surface area contributed by atoms with Gasteiger partial charge < -0.3 is 0 Å². The molecule has 26 heavy (non-hydrogen) atoms. The minimum atomic E-state index is -0.539. The molecule has 0 aliphatic rings. The maximum Gasteiger partial charge on any atom is 0.277 e. The second kappa shape index (κ2) is 6.76. The normalized spacial score (nSPS) is 11.2. The van der Waals surface area contributed by atoms with Gasteiger partial charge in [0.1, 0.15) is 5.82 Å². The molecule has 0 bridgehead atoms. The fourth-order valence-corrected chi connectivity index (χ4v) is 3.65. The van der Waals surface area contributed by atoms with E-state index in [0.717, 1.165) is 9.79 Å². The van der Waals surface area contributed by atoms with Crippen molar-refractivity contribution in [2.24, 2.45) is 7.05 Å². The molecule has 4 aromatic rings. The summed E-state index contributed by atoms with van der Waals surface area (Å²) in [5.41, 5.74) is 0.236. The second-order valence-electron chi connectivity index (χ2n) is 5.87. The minimum Gasteiger partial charge on any atom is -0.275 e. The van der Waals surface area contributed by atoms with E-state index in [4.69, 9.17) is 0 Å². The highest BCUT2D eigenvalue weighted by Gasteiger charge is 2.12. The molecule has 7 heteroatoms. The Kier molecular flexibility index (Phi) is 4.30. The first-order valence-corrected chi connectivity index (χ1v) is 8.82. The van der Waals surface area contributed by atoms with Gasteiger partial charge in [-0.05, 0) is 30.3 Å². The Bertz CT molecular complexity index is 1140. The van der Waals surface area contributed by atoms with Crippen LogP contribution in [0.2, 0.25) is 0 Å². The van der Waals surface area contributed by atoms with E-state index >= 15 is 0 Å². The first kappa shape index (κ1) is 16.5. The van der Waals surface area contributed by atoms with E-state index < -0.39 is 11.4 Å². The number of benzene rings is 2. The number of hydrogen-bond acceptors (Lipinski definition) is 4. The zero-order valence-corrected chi connectivity index (χ0v) is 14.8. The number of aryl methyl sites for hydroxylation is 1. The number of hydrogen-bond donors (Lipinski definition) is 0. The van der Waals surface area contributed by atoms with E-state index in [9.17, 15) is 9.18 Å². The number of aromatic nitrogens is 4. The lowest BCUT2D eigenvalue weighted by molar-refractivity contribution is 0.606. The summed E-state index contributed by atoms with van der Waals surface area (Å²) >= 11 is 1.44. The quantitative estimate of drug-likeness (QED) is 0.555. The molecule has 0 radical (unpaired) electrons. The van der Waals surface area contributed by atoms with Crippen LogP contribution < -0.4 is 5.56 Å². The molecule has 2 aromatic carbocycles. The van der Waals surface area contributed by atoms with E-state index in [1.54, 1.807) is 30.1 Å². The van der Waals surface area contributed by atoms with Crippen molar-refractivity contribution in [1.82, 2.24) is 19.6 Å². The fraction of sp³-hybridized carbons (Fsp3) is 0.105. The minimum absolute atomic E-state index is 0.0494. The van der Waals surface area contributed by atoms with Crippen molar-refractivity contribution in [2.45, 2.75) is 16.3 Å². The van der Waals surface area contributed by atoms with Crippen molar-refractivity contribution in [1.29, 1.82) is 0 Å². The molecule has 2 aromatic heterocycles. The number of nitrogens with zero attached hydrogens (tertiary/aromatic N) is 4. The third kappa shape index (κ3) is 3.25. The van der Waals surface area contributed by atoms with E-state index in [1.807, 2.05) is 30.3 Å². The molecule has 130 valence electrons. The molecule has 0 aliphatic heterocycles. The van der Waals surface area contributed by atoms with E-state index in [0.29, 0.717) is 11.1 Å². The fourth-order valence-electron chi connectivity index (χ4n) is 2.74. The first-order chi connectivity index (χ1) is 12.6. The van der Waals surface area contributed by atoms with Gasteiger partial charge in [-0.15, -0.1) is 0 Å².